The predicted molar refractivity (Wildman–Crippen MR) is 73.3 cm³/mol. The zero-order valence-electron chi connectivity index (χ0n) is 11.9. The third-order valence-electron chi connectivity index (χ3n) is 3.95. The first-order chi connectivity index (χ1) is 8.93. The van der Waals surface area contributed by atoms with Crippen molar-refractivity contribution in [1.82, 2.24) is 15.1 Å². The highest BCUT2D eigenvalue weighted by molar-refractivity contribution is 5.85. The minimum Gasteiger partial charge on any atom is -0.476 e. The van der Waals surface area contributed by atoms with E-state index in [0.717, 1.165) is 37.9 Å². The van der Waals surface area contributed by atoms with Gasteiger partial charge < -0.3 is 10.4 Å². The number of aromatic nitrogens is 2. The largest absolute Gasteiger partial charge is 0.476 e. The van der Waals surface area contributed by atoms with Gasteiger partial charge in [0.05, 0.1) is 5.69 Å². The van der Waals surface area contributed by atoms with E-state index < -0.39 is 5.97 Å². The van der Waals surface area contributed by atoms with E-state index in [2.05, 4.69) is 31.2 Å². The molecule has 0 fully saturated rings. The molecule has 1 aliphatic heterocycles. The molecule has 2 N–H and O–H groups in total. The van der Waals surface area contributed by atoms with Crippen LogP contribution >= 0.6 is 0 Å². The number of fused-ring (bicyclic) bond motifs is 1. The Balaban J connectivity index is 2.29. The molecular formula is C14H23N3O2. The number of hydrogen-bond donors (Lipinski definition) is 2. The minimum atomic E-state index is -0.950. The first-order valence-electron chi connectivity index (χ1n) is 7.01. The van der Waals surface area contributed by atoms with Gasteiger partial charge in [0, 0.05) is 18.1 Å². The quantitative estimate of drug-likeness (QED) is 0.878. The predicted octanol–water partition coefficient (Wildman–Crippen LogP) is 2.58. The summed E-state index contributed by atoms with van der Waals surface area (Å²) in [6, 6.07) is 1.91. The Morgan fingerprint density at radius 2 is 2.32 bits per heavy atom. The molecule has 1 aromatic rings. The number of aryl methyl sites for hydroxylation is 1. The highest BCUT2D eigenvalue weighted by atomic mass is 16.4. The molecule has 0 aromatic carbocycles. The number of carbonyl (C=O) groups is 1. The number of carboxylic acid groups (broad SMARTS) is 1. The van der Waals surface area contributed by atoms with Gasteiger partial charge in [0.2, 0.25) is 0 Å². The summed E-state index contributed by atoms with van der Waals surface area (Å²) in [4.78, 5) is 11.1. The van der Waals surface area contributed by atoms with Crippen molar-refractivity contribution < 1.29 is 9.90 Å². The molecule has 0 saturated heterocycles. The molecule has 0 saturated carbocycles. The van der Waals surface area contributed by atoms with Gasteiger partial charge in [-0.1, -0.05) is 6.92 Å². The SMILES string of the molecule is CCC(C)(C)NC1CCCCn2nc(C(=O)O)cc21. The van der Waals surface area contributed by atoms with Crippen molar-refractivity contribution in [2.45, 2.75) is 64.6 Å². The number of carboxylic acids is 1. The summed E-state index contributed by atoms with van der Waals surface area (Å²) >= 11 is 0. The lowest BCUT2D eigenvalue weighted by molar-refractivity contribution is 0.0689. The first-order valence-corrected chi connectivity index (χ1v) is 7.01. The van der Waals surface area contributed by atoms with Crippen LogP contribution in [-0.2, 0) is 6.54 Å². The molecule has 0 amide bonds. The second kappa shape index (κ2) is 5.33. The molecule has 1 aromatic heterocycles. The van der Waals surface area contributed by atoms with Gasteiger partial charge in [0.25, 0.3) is 0 Å². The van der Waals surface area contributed by atoms with Crippen LogP contribution in [-0.4, -0.2) is 26.4 Å². The summed E-state index contributed by atoms with van der Waals surface area (Å²) < 4.78 is 1.86. The molecule has 2 rings (SSSR count). The van der Waals surface area contributed by atoms with Crippen molar-refractivity contribution in [2.24, 2.45) is 0 Å². The number of rotatable bonds is 4. The van der Waals surface area contributed by atoms with Crippen LogP contribution < -0.4 is 5.32 Å². The molecule has 2 heterocycles. The molecule has 1 atom stereocenters. The van der Waals surface area contributed by atoms with Crippen LogP contribution in [0, 0.1) is 0 Å². The Bertz CT molecular complexity index is 465. The van der Waals surface area contributed by atoms with Crippen molar-refractivity contribution in [3.05, 3.63) is 17.5 Å². The molecule has 5 heteroatoms. The van der Waals surface area contributed by atoms with E-state index in [-0.39, 0.29) is 17.3 Å². The Morgan fingerprint density at radius 3 is 2.95 bits per heavy atom. The molecule has 1 unspecified atom stereocenters. The molecule has 106 valence electrons. The highest BCUT2D eigenvalue weighted by Gasteiger charge is 2.27. The average Bonchev–Trinajstić information content (AvgIpc) is 2.70. The zero-order valence-corrected chi connectivity index (χ0v) is 11.9. The van der Waals surface area contributed by atoms with E-state index in [9.17, 15) is 4.79 Å². The summed E-state index contributed by atoms with van der Waals surface area (Å²) in [5.74, 6) is -0.950. The fourth-order valence-electron chi connectivity index (χ4n) is 2.47. The Kier molecular flexibility index (Phi) is 3.94. The lowest BCUT2D eigenvalue weighted by atomic mass is 9.97. The Morgan fingerprint density at radius 1 is 1.58 bits per heavy atom. The molecule has 19 heavy (non-hydrogen) atoms. The van der Waals surface area contributed by atoms with Crippen molar-refractivity contribution >= 4 is 5.97 Å². The van der Waals surface area contributed by atoms with Gasteiger partial charge in [-0.3, -0.25) is 4.68 Å². The third kappa shape index (κ3) is 3.15. The van der Waals surface area contributed by atoms with Gasteiger partial charge in [-0.2, -0.15) is 5.10 Å². The second-order valence-electron chi connectivity index (χ2n) is 5.91. The molecule has 0 bridgehead atoms. The van der Waals surface area contributed by atoms with E-state index in [1.807, 2.05) is 4.68 Å². The van der Waals surface area contributed by atoms with Gasteiger partial charge in [-0.25, -0.2) is 4.79 Å². The van der Waals surface area contributed by atoms with Gasteiger partial charge in [0.1, 0.15) is 0 Å². The molecule has 1 aliphatic rings. The topological polar surface area (TPSA) is 67.2 Å². The van der Waals surface area contributed by atoms with Crippen LogP contribution in [0.2, 0.25) is 0 Å². The maximum absolute atomic E-state index is 11.1. The van der Waals surface area contributed by atoms with Crippen LogP contribution in [0.5, 0.6) is 0 Å². The summed E-state index contributed by atoms with van der Waals surface area (Å²) in [7, 11) is 0. The number of nitrogens with one attached hydrogen (secondary N) is 1. The van der Waals surface area contributed by atoms with E-state index in [0.29, 0.717) is 0 Å². The monoisotopic (exact) mass is 265 g/mol. The maximum atomic E-state index is 11.1. The summed E-state index contributed by atoms with van der Waals surface area (Å²) in [5.41, 5.74) is 1.21. The normalized spacial score (nSPS) is 19.8. The lowest BCUT2D eigenvalue weighted by Crippen LogP contribution is -2.41. The molecular weight excluding hydrogens is 242 g/mol. The van der Waals surface area contributed by atoms with Crippen LogP contribution in [0.3, 0.4) is 0 Å². The number of hydrogen-bond acceptors (Lipinski definition) is 3. The minimum absolute atomic E-state index is 0.0491. The fraction of sp³-hybridized carbons (Fsp3) is 0.714. The van der Waals surface area contributed by atoms with Crippen molar-refractivity contribution in [1.29, 1.82) is 0 Å². The molecule has 0 spiro atoms. The summed E-state index contributed by atoms with van der Waals surface area (Å²) in [5, 5.41) is 16.9. The van der Waals surface area contributed by atoms with Crippen molar-refractivity contribution in [3.63, 3.8) is 0 Å². The van der Waals surface area contributed by atoms with E-state index in [1.54, 1.807) is 6.07 Å². The van der Waals surface area contributed by atoms with Crippen LogP contribution in [0.15, 0.2) is 6.07 Å². The molecule has 0 aliphatic carbocycles. The highest BCUT2D eigenvalue weighted by Crippen LogP contribution is 2.27. The fourth-order valence-corrected chi connectivity index (χ4v) is 2.47. The van der Waals surface area contributed by atoms with Gasteiger partial charge in [0.15, 0.2) is 5.69 Å². The Labute approximate surface area is 114 Å². The summed E-state index contributed by atoms with van der Waals surface area (Å²) in [6.45, 7) is 7.32. The molecule has 5 nitrogen and oxygen atoms in total. The van der Waals surface area contributed by atoms with E-state index >= 15 is 0 Å². The second-order valence-corrected chi connectivity index (χ2v) is 5.91. The van der Waals surface area contributed by atoms with Gasteiger partial charge in [-0.05, 0) is 45.6 Å². The summed E-state index contributed by atoms with van der Waals surface area (Å²) in [6.07, 6.45) is 4.26. The van der Waals surface area contributed by atoms with Gasteiger partial charge >= 0.3 is 5.97 Å². The van der Waals surface area contributed by atoms with Crippen LogP contribution in [0.4, 0.5) is 0 Å². The van der Waals surface area contributed by atoms with Crippen molar-refractivity contribution in [3.8, 4) is 0 Å². The smallest absolute Gasteiger partial charge is 0.356 e. The number of nitrogens with zero attached hydrogens (tertiary/aromatic N) is 2. The number of aromatic carboxylic acids is 1. The molecule has 0 radical (unpaired) electrons. The van der Waals surface area contributed by atoms with E-state index in [1.165, 1.54) is 0 Å². The maximum Gasteiger partial charge on any atom is 0.356 e. The van der Waals surface area contributed by atoms with E-state index in [4.69, 9.17) is 5.11 Å². The van der Waals surface area contributed by atoms with Crippen LogP contribution in [0.25, 0.3) is 0 Å². The Hall–Kier alpha value is -1.36. The average molecular weight is 265 g/mol. The van der Waals surface area contributed by atoms with Crippen molar-refractivity contribution in [2.75, 3.05) is 0 Å². The lowest BCUT2D eigenvalue weighted by Gasteiger charge is -2.30. The third-order valence-corrected chi connectivity index (χ3v) is 3.95. The van der Waals surface area contributed by atoms with Gasteiger partial charge in [-0.15, -0.1) is 0 Å². The standard InChI is InChI=1S/C14H23N3O2/c1-4-14(2,3)15-10-7-5-6-8-17-12(10)9-11(16-17)13(18)19/h9-10,15H,4-8H2,1-3H3,(H,18,19). The van der Waals surface area contributed by atoms with Crippen LogP contribution in [0.1, 0.15) is 68.7 Å². The first kappa shape index (κ1) is 14.1. The zero-order chi connectivity index (χ0) is 14.0.